The quantitative estimate of drug-likeness (QED) is 0.833. The number of hydrogen-bond acceptors (Lipinski definition) is 2. The summed E-state index contributed by atoms with van der Waals surface area (Å²) < 4.78 is 61.3. The summed E-state index contributed by atoms with van der Waals surface area (Å²) in [5.74, 6) is -6.29. The minimum Gasteiger partial charge on any atom is -0.478 e. The van der Waals surface area contributed by atoms with E-state index in [4.69, 9.17) is 5.11 Å². The fourth-order valence-corrected chi connectivity index (χ4v) is 1.19. The monoisotopic (exact) mass is 283 g/mol. The molecule has 2 N–H and O–H groups in total. The average Bonchev–Trinajstić information content (AvgIpc) is 2.27. The number of carboxylic acids is 1. The SMILES string of the molecule is O=C(O)c1cc(F)c(F)cc1C(=O)NCC(F)(F)F. The highest BCUT2D eigenvalue weighted by Gasteiger charge is 2.29. The van der Waals surface area contributed by atoms with Crippen molar-refractivity contribution in [3.63, 3.8) is 0 Å². The molecule has 104 valence electrons. The van der Waals surface area contributed by atoms with E-state index >= 15 is 0 Å². The van der Waals surface area contributed by atoms with Crippen LogP contribution in [0.3, 0.4) is 0 Å². The van der Waals surface area contributed by atoms with Crippen LogP contribution in [0.25, 0.3) is 0 Å². The zero-order valence-corrected chi connectivity index (χ0v) is 9.02. The van der Waals surface area contributed by atoms with Crippen LogP contribution < -0.4 is 5.32 Å². The molecule has 0 unspecified atom stereocenters. The maximum Gasteiger partial charge on any atom is 0.405 e. The highest BCUT2D eigenvalue weighted by molar-refractivity contribution is 6.04. The van der Waals surface area contributed by atoms with Gasteiger partial charge in [0.1, 0.15) is 6.54 Å². The van der Waals surface area contributed by atoms with Crippen LogP contribution >= 0.6 is 0 Å². The van der Waals surface area contributed by atoms with Gasteiger partial charge < -0.3 is 10.4 Å². The van der Waals surface area contributed by atoms with Crippen LogP contribution in [0.1, 0.15) is 20.7 Å². The van der Waals surface area contributed by atoms with Crippen molar-refractivity contribution in [2.75, 3.05) is 6.54 Å². The van der Waals surface area contributed by atoms with Crippen molar-refractivity contribution in [2.24, 2.45) is 0 Å². The van der Waals surface area contributed by atoms with Crippen molar-refractivity contribution in [3.05, 3.63) is 34.9 Å². The Kier molecular flexibility index (Phi) is 4.07. The molecule has 19 heavy (non-hydrogen) atoms. The summed E-state index contributed by atoms with van der Waals surface area (Å²) in [4.78, 5) is 22.0. The molecule has 0 aliphatic heterocycles. The lowest BCUT2D eigenvalue weighted by Gasteiger charge is -2.10. The fourth-order valence-electron chi connectivity index (χ4n) is 1.19. The van der Waals surface area contributed by atoms with Gasteiger partial charge in [-0.2, -0.15) is 13.2 Å². The van der Waals surface area contributed by atoms with Gasteiger partial charge in [-0.25, -0.2) is 13.6 Å². The van der Waals surface area contributed by atoms with E-state index in [1.54, 1.807) is 0 Å². The van der Waals surface area contributed by atoms with Crippen molar-refractivity contribution in [3.8, 4) is 0 Å². The van der Waals surface area contributed by atoms with Crippen LogP contribution in [0.5, 0.6) is 0 Å². The third-order valence-corrected chi connectivity index (χ3v) is 1.98. The number of aromatic carboxylic acids is 1. The summed E-state index contributed by atoms with van der Waals surface area (Å²) >= 11 is 0. The lowest BCUT2D eigenvalue weighted by atomic mass is 10.1. The molecule has 1 amide bonds. The van der Waals surface area contributed by atoms with Crippen LogP contribution in [-0.4, -0.2) is 29.7 Å². The zero-order valence-electron chi connectivity index (χ0n) is 9.02. The van der Waals surface area contributed by atoms with Crippen molar-refractivity contribution in [1.29, 1.82) is 0 Å². The van der Waals surface area contributed by atoms with Gasteiger partial charge in [0.25, 0.3) is 5.91 Å². The fraction of sp³-hybridized carbons (Fsp3) is 0.200. The second-order valence-corrected chi connectivity index (χ2v) is 3.41. The molecule has 1 aromatic carbocycles. The van der Waals surface area contributed by atoms with E-state index < -0.39 is 47.4 Å². The summed E-state index contributed by atoms with van der Waals surface area (Å²) in [6, 6.07) is 0.449. The highest BCUT2D eigenvalue weighted by atomic mass is 19.4. The van der Waals surface area contributed by atoms with Gasteiger partial charge in [-0.15, -0.1) is 0 Å². The van der Waals surface area contributed by atoms with Gasteiger partial charge in [-0.3, -0.25) is 4.79 Å². The Labute approximate surface area is 102 Å². The molecule has 0 aromatic heterocycles. The molecule has 0 radical (unpaired) electrons. The smallest absolute Gasteiger partial charge is 0.405 e. The van der Waals surface area contributed by atoms with Gasteiger partial charge in [-0.05, 0) is 12.1 Å². The number of hydrogen-bond donors (Lipinski definition) is 2. The lowest BCUT2D eigenvalue weighted by Crippen LogP contribution is -2.34. The number of nitrogens with one attached hydrogen (secondary N) is 1. The normalized spacial score (nSPS) is 11.2. The molecule has 0 aliphatic rings. The number of carbonyl (C=O) groups is 2. The van der Waals surface area contributed by atoms with Gasteiger partial charge in [-0.1, -0.05) is 0 Å². The van der Waals surface area contributed by atoms with Gasteiger partial charge in [0.15, 0.2) is 11.6 Å². The molecule has 0 heterocycles. The Bertz CT molecular complexity index is 527. The Morgan fingerprint density at radius 2 is 1.58 bits per heavy atom. The minimum atomic E-state index is -4.71. The van der Waals surface area contributed by atoms with Gasteiger partial charge in [0, 0.05) is 0 Å². The maximum atomic E-state index is 12.9. The molecule has 0 spiro atoms. The van der Waals surface area contributed by atoms with Crippen LogP contribution in [0.4, 0.5) is 22.0 Å². The molecule has 0 atom stereocenters. The summed E-state index contributed by atoms with van der Waals surface area (Å²) in [6.45, 7) is -1.72. The van der Waals surface area contributed by atoms with E-state index in [9.17, 15) is 31.5 Å². The molecule has 0 fully saturated rings. The largest absolute Gasteiger partial charge is 0.478 e. The van der Waals surface area contributed by atoms with Gasteiger partial charge in [0.05, 0.1) is 11.1 Å². The Balaban J connectivity index is 3.08. The van der Waals surface area contributed by atoms with Crippen molar-refractivity contribution in [2.45, 2.75) is 6.18 Å². The molecule has 0 aliphatic carbocycles. The van der Waals surface area contributed by atoms with Crippen molar-refractivity contribution < 1.29 is 36.6 Å². The molecular weight excluding hydrogens is 277 g/mol. The number of halogens is 5. The molecule has 1 rings (SSSR count). The van der Waals surface area contributed by atoms with Crippen LogP contribution in [-0.2, 0) is 0 Å². The first-order valence-electron chi connectivity index (χ1n) is 4.69. The predicted molar refractivity (Wildman–Crippen MR) is 51.7 cm³/mol. The van der Waals surface area contributed by atoms with Gasteiger partial charge in [0.2, 0.25) is 0 Å². The molecule has 9 heteroatoms. The third-order valence-electron chi connectivity index (χ3n) is 1.98. The standard InChI is InChI=1S/C10H6F5NO3/c11-6-1-4(5(9(18)19)2-7(6)12)8(17)16-3-10(13,14)15/h1-2H,3H2,(H,16,17)(H,18,19). The zero-order chi connectivity index (χ0) is 14.8. The Hall–Kier alpha value is -2.19. The number of rotatable bonds is 3. The van der Waals surface area contributed by atoms with Crippen LogP contribution in [0.15, 0.2) is 12.1 Å². The van der Waals surface area contributed by atoms with Crippen molar-refractivity contribution >= 4 is 11.9 Å². The molecule has 4 nitrogen and oxygen atoms in total. The Morgan fingerprint density at radius 3 is 2.00 bits per heavy atom. The van der Waals surface area contributed by atoms with Crippen molar-refractivity contribution in [1.82, 2.24) is 5.32 Å². The van der Waals surface area contributed by atoms with Gasteiger partial charge >= 0.3 is 12.1 Å². The first-order valence-corrected chi connectivity index (χ1v) is 4.69. The number of amides is 1. The van der Waals surface area contributed by atoms with E-state index in [0.717, 1.165) is 0 Å². The number of benzene rings is 1. The summed E-state index contributed by atoms with van der Waals surface area (Å²) in [5, 5.41) is 10.0. The number of carbonyl (C=O) groups excluding carboxylic acids is 1. The lowest BCUT2D eigenvalue weighted by molar-refractivity contribution is -0.123. The number of carboxylic acid groups (broad SMARTS) is 1. The third kappa shape index (κ3) is 3.90. The van der Waals surface area contributed by atoms with E-state index in [1.165, 1.54) is 5.32 Å². The molecule has 0 saturated carbocycles. The number of alkyl halides is 3. The molecule has 0 bridgehead atoms. The molecular formula is C10H6F5NO3. The minimum absolute atomic E-state index is 0.222. The Morgan fingerprint density at radius 1 is 1.11 bits per heavy atom. The summed E-state index contributed by atoms with van der Waals surface area (Å²) in [6.07, 6.45) is -4.71. The first-order chi connectivity index (χ1) is 8.61. The van der Waals surface area contributed by atoms with E-state index in [0.29, 0.717) is 0 Å². The topological polar surface area (TPSA) is 66.4 Å². The second kappa shape index (κ2) is 5.21. The predicted octanol–water partition coefficient (Wildman–Crippen LogP) is 1.96. The van der Waals surface area contributed by atoms with E-state index in [2.05, 4.69) is 0 Å². The van der Waals surface area contributed by atoms with E-state index in [1.807, 2.05) is 0 Å². The summed E-state index contributed by atoms with van der Waals surface area (Å²) in [5.41, 5.74) is -1.82. The first kappa shape index (κ1) is 14.9. The average molecular weight is 283 g/mol. The van der Waals surface area contributed by atoms with Crippen LogP contribution in [0.2, 0.25) is 0 Å². The van der Waals surface area contributed by atoms with E-state index in [-0.39, 0.29) is 12.1 Å². The molecule has 0 saturated heterocycles. The summed E-state index contributed by atoms with van der Waals surface area (Å²) in [7, 11) is 0. The highest BCUT2D eigenvalue weighted by Crippen LogP contribution is 2.17. The molecule has 1 aromatic rings. The second-order valence-electron chi connectivity index (χ2n) is 3.41. The maximum absolute atomic E-state index is 12.9. The van der Waals surface area contributed by atoms with Crippen LogP contribution in [0, 0.1) is 11.6 Å².